The molecule has 1 aliphatic heterocycles. The number of carbonyl (C=O) groups excluding carboxylic acids is 2. The van der Waals surface area contributed by atoms with Gasteiger partial charge < -0.3 is 25.2 Å². The van der Waals surface area contributed by atoms with Gasteiger partial charge in [-0.15, -0.1) is 0 Å². The van der Waals surface area contributed by atoms with Gasteiger partial charge in [0.25, 0.3) is 0 Å². The normalized spacial score (nSPS) is 19.7. The van der Waals surface area contributed by atoms with E-state index in [1.54, 1.807) is 6.92 Å². The van der Waals surface area contributed by atoms with Gasteiger partial charge in [0, 0.05) is 37.5 Å². The Morgan fingerprint density at radius 3 is 2.35 bits per heavy atom. The highest BCUT2D eigenvalue weighted by atomic mass is 16.5. The van der Waals surface area contributed by atoms with Gasteiger partial charge in [0.05, 0.1) is 0 Å². The highest BCUT2D eigenvalue weighted by Crippen LogP contribution is 2.44. The Hall–Kier alpha value is -3.39. The number of fused-ring (bicyclic) bond motifs is 3. The maximum atomic E-state index is 12.3. The number of carboxylic acids is 1. The molecule has 8 nitrogen and oxygen atoms in total. The van der Waals surface area contributed by atoms with Gasteiger partial charge in [-0.3, -0.25) is 4.79 Å². The van der Waals surface area contributed by atoms with Crippen LogP contribution in [0, 0.1) is 11.8 Å². The Balaban J connectivity index is 1.19. The summed E-state index contributed by atoms with van der Waals surface area (Å²) < 4.78 is 10.7. The number of benzene rings is 2. The number of ether oxygens (including phenoxy) is 2. The van der Waals surface area contributed by atoms with Crippen LogP contribution in [-0.2, 0) is 19.1 Å². The third kappa shape index (κ3) is 5.22. The molecule has 4 rings (SSSR count). The van der Waals surface area contributed by atoms with Crippen molar-refractivity contribution in [1.82, 2.24) is 10.6 Å². The fraction of sp³-hybridized carbons (Fsp3) is 0.423. The Morgan fingerprint density at radius 2 is 1.71 bits per heavy atom. The predicted molar refractivity (Wildman–Crippen MR) is 125 cm³/mol. The van der Waals surface area contributed by atoms with E-state index in [0.29, 0.717) is 26.0 Å². The highest BCUT2D eigenvalue weighted by molar-refractivity contribution is 5.79. The molecule has 0 saturated carbocycles. The highest BCUT2D eigenvalue weighted by Gasteiger charge is 2.34. The summed E-state index contributed by atoms with van der Waals surface area (Å²) in [6.07, 6.45) is -0.332. The summed E-state index contributed by atoms with van der Waals surface area (Å²) in [6, 6.07) is 16.3. The van der Waals surface area contributed by atoms with E-state index in [4.69, 9.17) is 14.6 Å². The van der Waals surface area contributed by atoms with Crippen molar-refractivity contribution in [1.29, 1.82) is 0 Å². The molecule has 0 radical (unpaired) electrons. The van der Waals surface area contributed by atoms with Crippen LogP contribution >= 0.6 is 0 Å². The van der Waals surface area contributed by atoms with Crippen molar-refractivity contribution < 1.29 is 29.0 Å². The van der Waals surface area contributed by atoms with Crippen LogP contribution < -0.4 is 10.6 Å². The van der Waals surface area contributed by atoms with E-state index in [1.165, 1.54) is 11.1 Å². The minimum Gasteiger partial charge on any atom is -0.479 e. The Bertz CT molecular complexity index is 1010. The average Bonchev–Trinajstić information content (AvgIpc) is 3.44. The molecule has 2 amide bonds. The van der Waals surface area contributed by atoms with E-state index in [0.717, 1.165) is 11.1 Å². The van der Waals surface area contributed by atoms with Gasteiger partial charge in [0.1, 0.15) is 6.61 Å². The first-order valence-corrected chi connectivity index (χ1v) is 11.7. The minimum absolute atomic E-state index is 0.00273. The summed E-state index contributed by atoms with van der Waals surface area (Å²) in [6.45, 7) is 2.96. The van der Waals surface area contributed by atoms with E-state index in [1.807, 2.05) is 24.3 Å². The second-order valence-corrected chi connectivity index (χ2v) is 8.87. The Kier molecular flexibility index (Phi) is 7.47. The number of nitrogens with one attached hydrogen (secondary N) is 2. The second kappa shape index (κ2) is 10.7. The quantitative estimate of drug-likeness (QED) is 0.523. The number of alkyl carbamates (subject to hydrolysis) is 1. The SMILES string of the molecule is CC(CCNC(=O)OCC1c2ccccc2-c2ccccc21)C(=O)NCC1CCOC1C(=O)O. The summed E-state index contributed by atoms with van der Waals surface area (Å²) in [4.78, 5) is 35.8. The monoisotopic (exact) mass is 466 g/mol. The van der Waals surface area contributed by atoms with Crippen LogP contribution in [0.15, 0.2) is 48.5 Å². The van der Waals surface area contributed by atoms with Gasteiger partial charge in [-0.25, -0.2) is 9.59 Å². The molecule has 1 fully saturated rings. The van der Waals surface area contributed by atoms with Gasteiger partial charge in [-0.05, 0) is 35.1 Å². The van der Waals surface area contributed by atoms with Crippen molar-refractivity contribution in [2.24, 2.45) is 11.8 Å². The maximum Gasteiger partial charge on any atom is 0.407 e. The topological polar surface area (TPSA) is 114 Å². The average molecular weight is 467 g/mol. The molecule has 2 aliphatic rings. The predicted octanol–water partition coefficient (Wildman–Crippen LogP) is 3.16. The van der Waals surface area contributed by atoms with Crippen molar-refractivity contribution in [2.45, 2.75) is 31.8 Å². The fourth-order valence-electron chi connectivity index (χ4n) is 4.69. The molecule has 3 unspecified atom stereocenters. The van der Waals surface area contributed by atoms with Gasteiger partial charge in [-0.2, -0.15) is 0 Å². The number of amides is 2. The maximum absolute atomic E-state index is 12.3. The molecule has 3 atom stereocenters. The van der Waals surface area contributed by atoms with Crippen molar-refractivity contribution >= 4 is 18.0 Å². The summed E-state index contributed by atoms with van der Waals surface area (Å²) >= 11 is 0. The van der Waals surface area contributed by atoms with E-state index in [-0.39, 0.29) is 36.8 Å². The van der Waals surface area contributed by atoms with Crippen molar-refractivity contribution in [3.05, 3.63) is 59.7 Å². The standard InChI is InChI=1S/C26H30N2O6/c1-16(24(29)28-14-17-11-13-33-23(17)25(30)31)10-12-27-26(32)34-15-22-20-8-4-2-6-18(20)19-7-3-5-9-21(19)22/h2-9,16-17,22-23H,10-15H2,1H3,(H,27,32)(H,28,29)(H,30,31). The smallest absolute Gasteiger partial charge is 0.407 e. The van der Waals surface area contributed by atoms with E-state index in [2.05, 4.69) is 34.9 Å². The summed E-state index contributed by atoms with van der Waals surface area (Å²) in [7, 11) is 0. The van der Waals surface area contributed by atoms with Crippen LogP contribution in [0.25, 0.3) is 11.1 Å². The largest absolute Gasteiger partial charge is 0.479 e. The van der Waals surface area contributed by atoms with E-state index in [9.17, 15) is 14.4 Å². The second-order valence-electron chi connectivity index (χ2n) is 8.87. The fourth-order valence-corrected chi connectivity index (χ4v) is 4.69. The third-order valence-corrected chi connectivity index (χ3v) is 6.63. The van der Waals surface area contributed by atoms with E-state index >= 15 is 0 Å². The number of hydrogen-bond donors (Lipinski definition) is 3. The van der Waals surface area contributed by atoms with Crippen molar-refractivity contribution in [2.75, 3.05) is 26.3 Å². The molecule has 1 saturated heterocycles. The lowest BCUT2D eigenvalue weighted by Gasteiger charge is -2.18. The molecule has 8 heteroatoms. The lowest BCUT2D eigenvalue weighted by Crippen LogP contribution is -2.39. The van der Waals surface area contributed by atoms with Crippen LogP contribution in [0.3, 0.4) is 0 Å². The zero-order valence-electron chi connectivity index (χ0n) is 19.2. The number of carbonyl (C=O) groups is 3. The Labute approximate surface area is 198 Å². The number of carboxylic acid groups (broad SMARTS) is 1. The number of hydrogen-bond acceptors (Lipinski definition) is 5. The molecule has 1 aliphatic carbocycles. The summed E-state index contributed by atoms with van der Waals surface area (Å²) in [5, 5.41) is 14.7. The van der Waals surface area contributed by atoms with Gasteiger partial charge in [0.15, 0.2) is 6.10 Å². The molecule has 180 valence electrons. The van der Waals surface area contributed by atoms with Gasteiger partial charge in [-0.1, -0.05) is 55.5 Å². The first-order valence-electron chi connectivity index (χ1n) is 11.7. The molecule has 0 bridgehead atoms. The minimum atomic E-state index is -1.00. The zero-order chi connectivity index (χ0) is 24.1. The molecule has 34 heavy (non-hydrogen) atoms. The van der Waals surface area contributed by atoms with Crippen molar-refractivity contribution in [3.63, 3.8) is 0 Å². The molecular weight excluding hydrogens is 436 g/mol. The Morgan fingerprint density at radius 1 is 1.06 bits per heavy atom. The third-order valence-electron chi connectivity index (χ3n) is 6.63. The van der Waals surface area contributed by atoms with Crippen LogP contribution in [0.2, 0.25) is 0 Å². The van der Waals surface area contributed by atoms with Crippen LogP contribution in [0.5, 0.6) is 0 Å². The summed E-state index contributed by atoms with van der Waals surface area (Å²) in [5.74, 6) is -1.74. The first-order chi connectivity index (χ1) is 16.5. The number of rotatable bonds is 9. The van der Waals surface area contributed by atoms with Crippen LogP contribution in [-0.4, -0.2) is 55.5 Å². The van der Waals surface area contributed by atoms with Gasteiger partial charge in [0.2, 0.25) is 5.91 Å². The molecule has 3 N–H and O–H groups in total. The van der Waals surface area contributed by atoms with Gasteiger partial charge >= 0.3 is 12.1 Å². The first kappa shape index (κ1) is 23.8. The number of aliphatic carboxylic acids is 1. The van der Waals surface area contributed by atoms with Crippen LogP contribution in [0.4, 0.5) is 4.79 Å². The molecule has 2 aromatic carbocycles. The zero-order valence-corrected chi connectivity index (χ0v) is 19.2. The molecule has 0 aromatic heterocycles. The van der Waals surface area contributed by atoms with Crippen LogP contribution in [0.1, 0.15) is 36.8 Å². The molecule has 0 spiro atoms. The lowest BCUT2D eigenvalue weighted by molar-refractivity contribution is -0.149. The molecular formula is C26H30N2O6. The summed E-state index contributed by atoms with van der Waals surface area (Å²) in [5.41, 5.74) is 4.65. The lowest BCUT2D eigenvalue weighted by atomic mass is 9.98. The molecule has 2 aromatic rings. The van der Waals surface area contributed by atoms with E-state index < -0.39 is 18.2 Å². The van der Waals surface area contributed by atoms with Crippen molar-refractivity contribution in [3.8, 4) is 11.1 Å². The molecule has 1 heterocycles.